The van der Waals surface area contributed by atoms with Crippen molar-refractivity contribution < 1.29 is 13.5 Å². The zero-order valence-corrected chi connectivity index (χ0v) is 19.3. The molecule has 2 unspecified atom stereocenters. The number of hydrogen-bond acceptors (Lipinski definition) is 3. The molecule has 2 rings (SSSR count). The molecule has 1 N–H and O–H groups in total. The summed E-state index contributed by atoms with van der Waals surface area (Å²) in [7, 11) is -5.36. The zero-order valence-electron chi connectivity index (χ0n) is 17.5. The maximum absolute atomic E-state index is 13.2. The van der Waals surface area contributed by atoms with Crippen molar-refractivity contribution in [3.8, 4) is 0 Å². The van der Waals surface area contributed by atoms with Crippen LogP contribution in [0.2, 0.25) is 18.1 Å². The van der Waals surface area contributed by atoms with Crippen LogP contribution in [0.25, 0.3) is 0 Å². The molecule has 1 aromatic rings. The van der Waals surface area contributed by atoms with Crippen molar-refractivity contribution in [2.24, 2.45) is 5.92 Å². The minimum Gasteiger partial charge on any atom is -0.388 e. The second-order valence-electron chi connectivity index (χ2n) is 7.99. The maximum atomic E-state index is 13.2. The van der Waals surface area contributed by atoms with Crippen LogP contribution >= 0.6 is 0 Å². The van der Waals surface area contributed by atoms with Crippen molar-refractivity contribution in [1.82, 2.24) is 4.31 Å². The summed E-state index contributed by atoms with van der Waals surface area (Å²) in [6, 6.07) is 10.2. The summed E-state index contributed by atoms with van der Waals surface area (Å²) in [4.78, 5) is 0.294. The summed E-state index contributed by atoms with van der Waals surface area (Å²) in [5.74, 6) is -0.186. The molecule has 27 heavy (non-hydrogen) atoms. The van der Waals surface area contributed by atoms with Gasteiger partial charge in [-0.15, -0.1) is 6.58 Å². The minimum atomic E-state index is -3.62. The fraction of sp³-hybridized carbons (Fsp3) is 0.619. The van der Waals surface area contributed by atoms with E-state index >= 15 is 0 Å². The molecule has 6 heteroatoms. The number of aryl methyl sites for hydroxylation is 1. The van der Waals surface area contributed by atoms with Gasteiger partial charge in [0.2, 0.25) is 10.0 Å². The van der Waals surface area contributed by atoms with E-state index in [4.69, 9.17) is 0 Å². The third kappa shape index (κ3) is 3.95. The van der Waals surface area contributed by atoms with Gasteiger partial charge in [0.1, 0.15) is 0 Å². The summed E-state index contributed by atoms with van der Waals surface area (Å²) in [6.07, 6.45) is 0.526. The van der Waals surface area contributed by atoms with Crippen LogP contribution in [0.4, 0.5) is 0 Å². The molecule has 1 aliphatic heterocycles. The van der Waals surface area contributed by atoms with Crippen LogP contribution in [-0.4, -0.2) is 44.6 Å². The number of rotatable bonds is 8. The molecular weight excluding hydrogens is 374 g/mol. The van der Waals surface area contributed by atoms with E-state index in [0.29, 0.717) is 17.9 Å². The molecule has 1 aromatic carbocycles. The van der Waals surface area contributed by atoms with Gasteiger partial charge in [-0.05, 0) is 25.5 Å². The largest absolute Gasteiger partial charge is 0.388 e. The Morgan fingerprint density at radius 2 is 1.70 bits per heavy atom. The summed E-state index contributed by atoms with van der Waals surface area (Å²) >= 11 is 0. The predicted octanol–water partition coefficient (Wildman–Crippen LogP) is 4.36. The fourth-order valence-electron chi connectivity index (χ4n) is 4.49. The van der Waals surface area contributed by atoms with Gasteiger partial charge >= 0.3 is 0 Å². The van der Waals surface area contributed by atoms with Crippen molar-refractivity contribution in [2.45, 2.75) is 69.7 Å². The molecule has 1 aliphatic rings. The fourth-order valence-corrected chi connectivity index (χ4v) is 9.97. The van der Waals surface area contributed by atoms with Crippen LogP contribution in [0.1, 0.15) is 39.7 Å². The number of hydrogen-bond donors (Lipinski definition) is 1. The highest BCUT2D eigenvalue weighted by Crippen LogP contribution is 2.43. The molecule has 0 radical (unpaired) electrons. The third-order valence-electron chi connectivity index (χ3n) is 6.89. The van der Waals surface area contributed by atoms with Crippen molar-refractivity contribution >= 4 is 18.1 Å². The molecule has 4 nitrogen and oxygen atoms in total. The highest BCUT2D eigenvalue weighted by molar-refractivity contribution is 7.89. The second kappa shape index (κ2) is 8.19. The van der Waals surface area contributed by atoms with Gasteiger partial charge in [0.05, 0.1) is 18.6 Å². The van der Waals surface area contributed by atoms with E-state index in [-0.39, 0.29) is 12.5 Å². The number of aliphatic hydroxyl groups is 1. The quantitative estimate of drug-likeness (QED) is 0.649. The van der Waals surface area contributed by atoms with Gasteiger partial charge in [-0.1, -0.05) is 68.7 Å². The molecule has 2 atom stereocenters. The summed E-state index contributed by atoms with van der Waals surface area (Å²) in [5.41, 5.74) is -0.0107. The minimum absolute atomic E-state index is 0.144. The Hall–Kier alpha value is -0.953. The van der Waals surface area contributed by atoms with E-state index in [0.717, 1.165) is 28.9 Å². The van der Waals surface area contributed by atoms with Crippen LogP contribution < -0.4 is 0 Å². The lowest BCUT2D eigenvalue weighted by Crippen LogP contribution is -2.46. The van der Waals surface area contributed by atoms with Gasteiger partial charge in [0.25, 0.3) is 0 Å². The molecule has 0 amide bonds. The smallest absolute Gasteiger partial charge is 0.243 e. The number of nitrogens with zero attached hydrogens (tertiary/aromatic N) is 1. The van der Waals surface area contributed by atoms with Crippen LogP contribution in [0.5, 0.6) is 0 Å². The van der Waals surface area contributed by atoms with Crippen molar-refractivity contribution in [3.63, 3.8) is 0 Å². The summed E-state index contributed by atoms with van der Waals surface area (Å²) < 4.78 is 27.8. The Morgan fingerprint density at radius 1 is 1.19 bits per heavy atom. The van der Waals surface area contributed by atoms with E-state index in [2.05, 4.69) is 27.4 Å². The highest BCUT2D eigenvalue weighted by Gasteiger charge is 2.52. The van der Waals surface area contributed by atoms with Gasteiger partial charge < -0.3 is 5.11 Å². The Labute approximate surface area is 166 Å². The molecule has 1 heterocycles. The number of β-amino-alcohol motifs (C(OH)–C–C–N with tert-alkyl or cyclic N) is 1. The van der Waals surface area contributed by atoms with Gasteiger partial charge in [0, 0.05) is 19.0 Å². The second-order valence-corrected chi connectivity index (χ2v) is 15.2. The first-order valence-corrected chi connectivity index (χ1v) is 14.1. The zero-order chi connectivity index (χ0) is 20.5. The monoisotopic (exact) mass is 409 g/mol. The SMILES string of the molecule is C=C(C1CN(S(=O)(=O)c2ccc(C)cc2)CC1(O)CC)[Si](CC)(CC)CC. The molecule has 1 saturated heterocycles. The highest BCUT2D eigenvalue weighted by atomic mass is 32.2. The molecular formula is C21H35NO3SSi. The normalized spacial score (nSPS) is 24.3. The first-order valence-electron chi connectivity index (χ1n) is 10.1. The Bertz CT molecular complexity index is 763. The topological polar surface area (TPSA) is 57.6 Å². The van der Waals surface area contributed by atoms with E-state index in [1.54, 1.807) is 12.1 Å². The molecule has 0 saturated carbocycles. The van der Waals surface area contributed by atoms with Crippen molar-refractivity contribution in [3.05, 3.63) is 41.6 Å². The van der Waals surface area contributed by atoms with Crippen molar-refractivity contribution in [2.75, 3.05) is 13.1 Å². The molecule has 0 aliphatic carbocycles. The van der Waals surface area contributed by atoms with Crippen LogP contribution in [-0.2, 0) is 10.0 Å². The molecule has 0 spiro atoms. The van der Waals surface area contributed by atoms with E-state index < -0.39 is 23.7 Å². The Morgan fingerprint density at radius 3 is 2.15 bits per heavy atom. The van der Waals surface area contributed by atoms with Gasteiger partial charge in [0.15, 0.2) is 0 Å². The molecule has 0 bridgehead atoms. The van der Waals surface area contributed by atoms with Crippen LogP contribution in [0, 0.1) is 12.8 Å². The molecule has 152 valence electrons. The van der Waals surface area contributed by atoms with Gasteiger partial charge in [-0.3, -0.25) is 0 Å². The average molecular weight is 410 g/mol. The first-order chi connectivity index (χ1) is 12.6. The number of sulfonamides is 1. The Kier molecular flexibility index (Phi) is 6.78. The number of benzene rings is 1. The van der Waals surface area contributed by atoms with E-state index in [9.17, 15) is 13.5 Å². The third-order valence-corrected chi connectivity index (χ3v) is 14.5. The Balaban J connectivity index is 2.40. The lowest BCUT2D eigenvalue weighted by atomic mass is 9.88. The molecule has 0 aromatic heterocycles. The standard InChI is InChI=1S/C21H35NO3SSi/c1-7-21(23)16-22(26(24,25)19-13-11-17(5)12-14-19)15-20(21)18(6)27(8-2,9-3)10-4/h11-14,20,23H,6-10,15-16H2,1-5H3. The predicted molar refractivity (Wildman–Crippen MR) is 115 cm³/mol. The molecule has 1 fully saturated rings. The lowest BCUT2D eigenvalue weighted by molar-refractivity contribution is 0.0248. The lowest BCUT2D eigenvalue weighted by Gasteiger charge is -2.39. The maximum Gasteiger partial charge on any atom is 0.243 e. The van der Waals surface area contributed by atoms with E-state index in [1.165, 1.54) is 4.31 Å². The first kappa shape index (κ1) is 22.3. The summed E-state index contributed by atoms with van der Waals surface area (Å²) in [6.45, 7) is 15.4. The van der Waals surface area contributed by atoms with Crippen LogP contribution in [0.15, 0.2) is 40.9 Å². The van der Waals surface area contributed by atoms with Gasteiger partial charge in [-0.2, -0.15) is 4.31 Å². The van der Waals surface area contributed by atoms with Crippen LogP contribution in [0.3, 0.4) is 0 Å². The van der Waals surface area contributed by atoms with E-state index in [1.807, 2.05) is 26.0 Å². The van der Waals surface area contributed by atoms with Gasteiger partial charge in [-0.25, -0.2) is 8.42 Å². The summed E-state index contributed by atoms with van der Waals surface area (Å²) in [5, 5.41) is 12.5. The average Bonchev–Trinajstić information content (AvgIpc) is 3.03. The van der Waals surface area contributed by atoms with Crippen molar-refractivity contribution in [1.29, 1.82) is 0 Å².